The van der Waals surface area contributed by atoms with E-state index >= 15 is 0 Å². The quantitative estimate of drug-likeness (QED) is 0.603. The van der Waals surface area contributed by atoms with Crippen LogP contribution in [-0.2, 0) is 16.4 Å². The van der Waals surface area contributed by atoms with Gasteiger partial charge in [0, 0.05) is 12.3 Å². The molecule has 1 heterocycles. The molecule has 1 unspecified atom stereocenters. The number of hydrogen-bond acceptors (Lipinski definition) is 6. The first kappa shape index (κ1) is 20.1. The van der Waals surface area contributed by atoms with Crippen LogP contribution < -0.4 is 0 Å². The number of halogens is 1. The van der Waals surface area contributed by atoms with Gasteiger partial charge in [0.05, 0.1) is 17.1 Å². The third-order valence-corrected chi connectivity index (χ3v) is 5.82. The van der Waals surface area contributed by atoms with Crippen molar-refractivity contribution >= 4 is 9.84 Å². The van der Waals surface area contributed by atoms with Crippen molar-refractivity contribution < 1.29 is 12.8 Å². The van der Waals surface area contributed by atoms with Crippen LogP contribution >= 0.6 is 0 Å². The molecule has 0 amide bonds. The lowest BCUT2D eigenvalue weighted by Gasteiger charge is -2.27. The van der Waals surface area contributed by atoms with Crippen LogP contribution in [0.3, 0.4) is 0 Å². The molecule has 0 radical (unpaired) electrons. The molecule has 0 spiro atoms. The molecule has 0 aliphatic heterocycles. The molecule has 1 atom stereocenters. The highest BCUT2D eigenvalue weighted by Crippen LogP contribution is 2.22. The molecule has 0 aliphatic rings. The van der Waals surface area contributed by atoms with Crippen molar-refractivity contribution in [2.24, 2.45) is 0 Å². The first-order valence-electron chi connectivity index (χ1n) is 8.87. The van der Waals surface area contributed by atoms with Gasteiger partial charge >= 0.3 is 0 Å². The fourth-order valence-electron chi connectivity index (χ4n) is 3.00. The van der Waals surface area contributed by atoms with E-state index in [0.29, 0.717) is 18.1 Å². The van der Waals surface area contributed by atoms with Gasteiger partial charge in [0.2, 0.25) is 0 Å². The second kappa shape index (κ2) is 8.15. The van der Waals surface area contributed by atoms with Gasteiger partial charge in [-0.15, -0.1) is 5.10 Å². The smallest absolute Gasteiger partial charge is 0.175 e. The van der Waals surface area contributed by atoms with Gasteiger partial charge in [0.25, 0.3) is 0 Å². The molecular formula is C19H22FN5O2S. The monoisotopic (exact) mass is 403 g/mol. The molecule has 7 nitrogen and oxygen atoms in total. The third kappa shape index (κ3) is 4.42. The van der Waals surface area contributed by atoms with Crippen molar-refractivity contribution in [3.8, 4) is 5.69 Å². The summed E-state index contributed by atoms with van der Waals surface area (Å²) in [6.07, 6.45) is 1.17. The summed E-state index contributed by atoms with van der Waals surface area (Å²) in [5.74, 6) is 0.364. The van der Waals surface area contributed by atoms with Crippen molar-refractivity contribution in [3.05, 3.63) is 65.7 Å². The zero-order chi connectivity index (χ0) is 20.3. The van der Waals surface area contributed by atoms with Crippen LogP contribution in [0.1, 0.15) is 31.3 Å². The van der Waals surface area contributed by atoms with Crippen LogP contribution in [0.5, 0.6) is 0 Å². The normalized spacial score (nSPS) is 13.0. The van der Waals surface area contributed by atoms with Crippen molar-refractivity contribution in [1.82, 2.24) is 25.1 Å². The zero-order valence-corrected chi connectivity index (χ0v) is 16.8. The summed E-state index contributed by atoms with van der Waals surface area (Å²) in [7, 11) is -3.26. The highest BCUT2D eigenvalue weighted by Gasteiger charge is 2.19. The van der Waals surface area contributed by atoms with Crippen LogP contribution in [0, 0.1) is 5.82 Å². The van der Waals surface area contributed by atoms with Gasteiger partial charge in [-0.2, -0.15) is 4.68 Å². The molecule has 148 valence electrons. The fraction of sp³-hybridized carbons (Fsp3) is 0.316. The topological polar surface area (TPSA) is 81.0 Å². The summed E-state index contributed by atoms with van der Waals surface area (Å²) in [6, 6.07) is 12.9. The van der Waals surface area contributed by atoms with E-state index in [1.165, 1.54) is 30.5 Å². The molecular weight excluding hydrogens is 381 g/mol. The number of aromatic nitrogens is 4. The van der Waals surface area contributed by atoms with Gasteiger partial charge in [-0.3, -0.25) is 4.90 Å². The van der Waals surface area contributed by atoms with Gasteiger partial charge in [0.15, 0.2) is 15.7 Å². The molecule has 0 aliphatic carbocycles. The fourth-order valence-corrected chi connectivity index (χ4v) is 3.63. The molecule has 1 aromatic heterocycles. The number of nitrogens with zero attached hydrogens (tertiary/aromatic N) is 5. The van der Waals surface area contributed by atoms with E-state index in [2.05, 4.69) is 20.4 Å². The lowest BCUT2D eigenvalue weighted by atomic mass is 10.1. The van der Waals surface area contributed by atoms with Crippen molar-refractivity contribution in [2.75, 3.05) is 12.8 Å². The maximum atomic E-state index is 13.2. The minimum Gasteiger partial charge on any atom is -0.289 e. The Balaban J connectivity index is 1.83. The largest absolute Gasteiger partial charge is 0.289 e. The lowest BCUT2D eigenvalue weighted by molar-refractivity contribution is 0.206. The molecule has 9 heteroatoms. The van der Waals surface area contributed by atoms with E-state index in [1.807, 2.05) is 13.8 Å². The number of tetrazole rings is 1. The number of sulfone groups is 1. The van der Waals surface area contributed by atoms with Gasteiger partial charge in [0.1, 0.15) is 5.82 Å². The summed E-state index contributed by atoms with van der Waals surface area (Å²) < 4.78 is 38.1. The van der Waals surface area contributed by atoms with Crippen LogP contribution in [0.15, 0.2) is 53.4 Å². The average molecular weight is 403 g/mol. The van der Waals surface area contributed by atoms with Crippen LogP contribution in [0.2, 0.25) is 0 Å². The molecule has 0 saturated carbocycles. The highest BCUT2D eigenvalue weighted by atomic mass is 32.2. The summed E-state index contributed by atoms with van der Waals surface area (Å²) in [4.78, 5) is 2.41. The Morgan fingerprint density at radius 2 is 1.75 bits per heavy atom. The summed E-state index contributed by atoms with van der Waals surface area (Å²) >= 11 is 0. The molecule has 0 N–H and O–H groups in total. The summed E-state index contributed by atoms with van der Waals surface area (Å²) in [5, 5.41) is 11.9. The van der Waals surface area contributed by atoms with Gasteiger partial charge < -0.3 is 0 Å². The number of hydrogen-bond donors (Lipinski definition) is 0. The van der Waals surface area contributed by atoms with E-state index in [-0.39, 0.29) is 16.8 Å². The Kier molecular flexibility index (Phi) is 5.85. The molecule has 2 aromatic carbocycles. The summed E-state index contributed by atoms with van der Waals surface area (Å²) in [6.45, 7) is 5.31. The predicted molar refractivity (Wildman–Crippen MR) is 103 cm³/mol. The van der Waals surface area contributed by atoms with E-state index in [0.717, 1.165) is 12.1 Å². The first-order valence-corrected chi connectivity index (χ1v) is 10.8. The zero-order valence-electron chi connectivity index (χ0n) is 15.9. The van der Waals surface area contributed by atoms with Gasteiger partial charge in [-0.25, -0.2) is 12.8 Å². The van der Waals surface area contributed by atoms with E-state index < -0.39 is 9.84 Å². The Morgan fingerprint density at radius 1 is 1.11 bits per heavy atom. The Labute approximate surface area is 163 Å². The van der Waals surface area contributed by atoms with Gasteiger partial charge in [-0.05, 0) is 65.9 Å². The average Bonchev–Trinajstić information content (AvgIpc) is 3.14. The first-order chi connectivity index (χ1) is 13.3. The minimum atomic E-state index is -3.26. The van der Waals surface area contributed by atoms with Gasteiger partial charge in [-0.1, -0.05) is 19.1 Å². The Morgan fingerprint density at radius 3 is 2.32 bits per heavy atom. The minimum absolute atomic E-state index is 0.0448. The van der Waals surface area contributed by atoms with Crippen LogP contribution in [0.25, 0.3) is 5.69 Å². The molecule has 0 fully saturated rings. The maximum absolute atomic E-state index is 13.2. The van der Waals surface area contributed by atoms with Crippen LogP contribution in [-0.4, -0.2) is 46.3 Å². The second-order valence-electron chi connectivity index (χ2n) is 6.56. The predicted octanol–water partition coefficient (Wildman–Crippen LogP) is 2.79. The van der Waals surface area contributed by atoms with Crippen LogP contribution in [0.4, 0.5) is 4.39 Å². The molecule has 0 bridgehead atoms. The maximum Gasteiger partial charge on any atom is 0.175 e. The molecule has 3 rings (SSSR count). The van der Waals surface area contributed by atoms with Crippen molar-refractivity contribution in [2.45, 2.75) is 31.3 Å². The molecule has 0 saturated heterocycles. The number of rotatable bonds is 7. The number of benzene rings is 2. The Bertz CT molecular complexity index is 1030. The molecule has 3 aromatic rings. The van der Waals surface area contributed by atoms with Crippen molar-refractivity contribution in [1.29, 1.82) is 0 Å². The Hall–Kier alpha value is -2.65. The standard InChI is InChI=1S/C19H22FN5O2S/c1-4-24(14(2)15-5-7-16(20)8-6-15)13-19-21-22-23-25(19)17-9-11-18(12-10-17)28(3,26)27/h5-12,14H,4,13H2,1-3H3. The van der Waals surface area contributed by atoms with E-state index in [9.17, 15) is 12.8 Å². The summed E-state index contributed by atoms with van der Waals surface area (Å²) in [5.41, 5.74) is 1.68. The lowest BCUT2D eigenvalue weighted by Crippen LogP contribution is -2.28. The molecule has 28 heavy (non-hydrogen) atoms. The highest BCUT2D eigenvalue weighted by molar-refractivity contribution is 7.90. The second-order valence-corrected chi connectivity index (χ2v) is 8.58. The van der Waals surface area contributed by atoms with Crippen molar-refractivity contribution in [3.63, 3.8) is 0 Å². The van der Waals surface area contributed by atoms with E-state index in [1.54, 1.807) is 28.9 Å². The van der Waals surface area contributed by atoms with E-state index in [4.69, 9.17) is 0 Å². The SMILES string of the molecule is CCN(Cc1nnnn1-c1ccc(S(C)(=O)=O)cc1)C(C)c1ccc(F)cc1. The third-order valence-electron chi connectivity index (χ3n) is 4.69.